The molecule has 0 aromatic heterocycles. The molecule has 30 heavy (non-hydrogen) atoms. The van der Waals surface area contributed by atoms with Crippen LogP contribution in [-0.2, 0) is 20.2 Å². The van der Waals surface area contributed by atoms with Gasteiger partial charge in [0.25, 0.3) is 20.2 Å². The molecule has 0 aliphatic heterocycles. The van der Waals surface area contributed by atoms with Gasteiger partial charge in [0.05, 0.1) is 10.6 Å². The van der Waals surface area contributed by atoms with Crippen molar-refractivity contribution < 1.29 is 31.0 Å². The Morgan fingerprint density at radius 1 is 0.800 bits per heavy atom. The molecule has 3 aromatic rings. The Balaban J connectivity index is 2.34. The summed E-state index contributed by atoms with van der Waals surface area (Å²) in [6, 6.07) is 7.50. The Labute approximate surface area is 173 Å². The van der Waals surface area contributed by atoms with E-state index in [-0.39, 0.29) is 16.5 Å². The van der Waals surface area contributed by atoms with Gasteiger partial charge in [-0.15, -0.1) is 5.11 Å². The first-order valence-electron chi connectivity index (χ1n) is 8.53. The lowest BCUT2D eigenvalue weighted by Gasteiger charge is -2.10. The average Bonchev–Trinajstić information content (AvgIpc) is 2.62. The number of benzene rings is 3. The van der Waals surface area contributed by atoms with Crippen molar-refractivity contribution in [2.75, 3.05) is 0 Å². The highest BCUT2D eigenvalue weighted by Gasteiger charge is 2.23. The predicted octanol–water partition coefficient (Wildman–Crippen LogP) is 4.38. The minimum atomic E-state index is -4.94. The van der Waals surface area contributed by atoms with E-state index in [9.17, 15) is 31.0 Å². The summed E-state index contributed by atoms with van der Waals surface area (Å²) in [7, 11) is -9.70. The highest BCUT2D eigenvalue weighted by molar-refractivity contribution is 7.86. The molecule has 3 N–H and O–H groups in total. The Bertz CT molecular complexity index is 1400. The number of hydrogen-bond donors (Lipinski definition) is 3. The van der Waals surface area contributed by atoms with Crippen LogP contribution in [0.2, 0.25) is 0 Å². The van der Waals surface area contributed by atoms with Crippen molar-refractivity contribution in [2.45, 2.75) is 30.6 Å². The summed E-state index contributed by atoms with van der Waals surface area (Å²) in [4.78, 5) is -1.57. The summed E-state index contributed by atoms with van der Waals surface area (Å²) in [6.45, 7) is 5.74. The van der Waals surface area contributed by atoms with Crippen LogP contribution >= 0.6 is 0 Å². The molecule has 0 unspecified atom stereocenters. The normalized spacial score (nSPS) is 12.7. The van der Waals surface area contributed by atoms with E-state index in [1.165, 1.54) is 12.1 Å². The first-order valence-corrected chi connectivity index (χ1v) is 11.4. The van der Waals surface area contributed by atoms with Gasteiger partial charge in [0.15, 0.2) is 0 Å². The van der Waals surface area contributed by atoms with E-state index in [1.807, 2.05) is 20.8 Å². The van der Waals surface area contributed by atoms with Crippen LogP contribution in [0.3, 0.4) is 0 Å². The molecule has 9 nitrogen and oxygen atoms in total. The lowest BCUT2D eigenvalue weighted by molar-refractivity contribution is 0.477. The Morgan fingerprint density at radius 2 is 1.40 bits per heavy atom. The summed E-state index contributed by atoms with van der Waals surface area (Å²) in [5.41, 5.74) is 3.17. The lowest BCUT2D eigenvalue weighted by Crippen LogP contribution is -2.04. The molecule has 0 fully saturated rings. The van der Waals surface area contributed by atoms with Crippen LogP contribution in [0.25, 0.3) is 10.8 Å². The summed E-state index contributed by atoms with van der Waals surface area (Å²) in [6.07, 6.45) is 0. The maximum absolute atomic E-state index is 11.9. The maximum atomic E-state index is 11.9. The highest BCUT2D eigenvalue weighted by Crippen LogP contribution is 2.41. The maximum Gasteiger partial charge on any atom is 0.295 e. The minimum Gasteiger partial charge on any atom is -0.506 e. The van der Waals surface area contributed by atoms with Crippen molar-refractivity contribution in [3.8, 4) is 5.75 Å². The number of rotatable bonds is 4. The summed E-state index contributed by atoms with van der Waals surface area (Å²) in [5.74, 6) is -0.434. The molecule has 0 bridgehead atoms. The fraction of sp³-hybridized carbons (Fsp3) is 0.158. The van der Waals surface area contributed by atoms with Gasteiger partial charge in [-0.1, -0.05) is 6.07 Å². The number of azo groups is 1. The van der Waals surface area contributed by atoms with Gasteiger partial charge >= 0.3 is 0 Å². The third kappa shape index (κ3) is 4.19. The largest absolute Gasteiger partial charge is 0.506 e. The third-order valence-corrected chi connectivity index (χ3v) is 6.47. The van der Waals surface area contributed by atoms with Gasteiger partial charge in [-0.3, -0.25) is 9.11 Å². The van der Waals surface area contributed by atoms with E-state index in [2.05, 4.69) is 10.2 Å². The molecule has 0 aliphatic rings. The van der Waals surface area contributed by atoms with Crippen molar-refractivity contribution >= 4 is 42.4 Å². The number of nitrogens with zero attached hydrogens (tertiary/aromatic N) is 2. The van der Waals surface area contributed by atoms with Gasteiger partial charge in [-0.25, -0.2) is 0 Å². The van der Waals surface area contributed by atoms with Gasteiger partial charge in [-0.05, 0) is 73.2 Å². The molecule has 3 aromatic carbocycles. The predicted molar refractivity (Wildman–Crippen MR) is 110 cm³/mol. The molecule has 0 saturated carbocycles. The van der Waals surface area contributed by atoms with Gasteiger partial charge in [-0.2, -0.15) is 21.9 Å². The number of phenols is 1. The van der Waals surface area contributed by atoms with Crippen molar-refractivity contribution in [3.63, 3.8) is 0 Å². The van der Waals surface area contributed by atoms with Crippen LogP contribution in [-0.4, -0.2) is 31.0 Å². The summed E-state index contributed by atoms with van der Waals surface area (Å²) < 4.78 is 65.7. The first kappa shape index (κ1) is 21.8. The van der Waals surface area contributed by atoms with E-state index < -0.39 is 35.8 Å². The van der Waals surface area contributed by atoms with Gasteiger partial charge < -0.3 is 5.11 Å². The molecular weight excluding hydrogens is 432 g/mol. The van der Waals surface area contributed by atoms with Gasteiger partial charge in [0.1, 0.15) is 16.3 Å². The van der Waals surface area contributed by atoms with Crippen LogP contribution in [0, 0.1) is 20.8 Å². The summed E-state index contributed by atoms with van der Waals surface area (Å²) >= 11 is 0. The number of fused-ring (bicyclic) bond motifs is 1. The minimum absolute atomic E-state index is 0.000710. The zero-order valence-electron chi connectivity index (χ0n) is 16.1. The van der Waals surface area contributed by atoms with Crippen LogP contribution in [0.1, 0.15) is 16.7 Å². The second-order valence-electron chi connectivity index (χ2n) is 6.81. The van der Waals surface area contributed by atoms with Gasteiger partial charge in [0.2, 0.25) is 0 Å². The quantitative estimate of drug-likeness (QED) is 0.394. The molecule has 0 atom stereocenters. The number of aromatic hydroxyl groups is 1. The van der Waals surface area contributed by atoms with Gasteiger partial charge in [0, 0.05) is 5.39 Å². The zero-order valence-corrected chi connectivity index (χ0v) is 17.8. The van der Waals surface area contributed by atoms with E-state index in [4.69, 9.17) is 0 Å². The number of aryl methyl sites for hydroxylation is 2. The van der Waals surface area contributed by atoms with Crippen molar-refractivity contribution in [1.29, 1.82) is 0 Å². The SMILES string of the molecule is Cc1cc(N=Nc2c(O)ccc3cc(S(=O)(=O)O)cc(S(=O)(=O)O)c23)cc(C)c1C. The molecule has 158 valence electrons. The topological polar surface area (TPSA) is 154 Å². The average molecular weight is 450 g/mol. The smallest absolute Gasteiger partial charge is 0.295 e. The van der Waals surface area contributed by atoms with Crippen LogP contribution < -0.4 is 0 Å². The van der Waals surface area contributed by atoms with Crippen LogP contribution in [0.5, 0.6) is 5.75 Å². The Hall–Kier alpha value is -2.86. The molecule has 0 spiro atoms. The lowest BCUT2D eigenvalue weighted by atomic mass is 10.0. The van der Waals surface area contributed by atoms with Crippen molar-refractivity contribution in [1.82, 2.24) is 0 Å². The Kier molecular flexibility index (Phi) is 5.41. The van der Waals surface area contributed by atoms with Crippen molar-refractivity contribution in [2.24, 2.45) is 10.2 Å². The molecule has 0 aliphatic carbocycles. The van der Waals surface area contributed by atoms with E-state index >= 15 is 0 Å². The number of hydrogen-bond acceptors (Lipinski definition) is 7. The molecule has 3 rings (SSSR count). The van der Waals surface area contributed by atoms with E-state index in [1.54, 1.807) is 12.1 Å². The standard InChI is InChI=1S/C19H18N2O7S2/c1-10-6-14(7-11(2)12(10)3)20-21-19-16(22)5-4-13-8-15(29(23,24)25)9-17(18(13)19)30(26,27)28/h4-9,22H,1-3H3,(H,23,24,25)(H,26,27,28). The first-order chi connectivity index (χ1) is 13.8. The fourth-order valence-electron chi connectivity index (χ4n) is 3.00. The van der Waals surface area contributed by atoms with Crippen LogP contribution in [0.4, 0.5) is 11.4 Å². The zero-order chi connectivity index (χ0) is 22.4. The molecule has 11 heteroatoms. The second kappa shape index (κ2) is 7.43. The molecule has 0 saturated heterocycles. The fourth-order valence-corrected chi connectivity index (χ4v) is 4.37. The third-order valence-electron chi connectivity index (χ3n) is 4.76. The van der Waals surface area contributed by atoms with E-state index in [0.717, 1.165) is 22.8 Å². The summed E-state index contributed by atoms with van der Waals surface area (Å²) in [5, 5.41) is 18.1. The molecule has 0 heterocycles. The molecular formula is C19H18N2O7S2. The van der Waals surface area contributed by atoms with Crippen LogP contribution in [0.15, 0.2) is 56.4 Å². The highest BCUT2D eigenvalue weighted by atomic mass is 32.2. The molecule has 0 radical (unpaired) electrons. The van der Waals surface area contributed by atoms with E-state index in [0.29, 0.717) is 11.8 Å². The van der Waals surface area contributed by atoms with Crippen molar-refractivity contribution in [3.05, 3.63) is 53.1 Å². The number of phenolic OH excluding ortho intramolecular Hbond substituents is 1. The molecule has 0 amide bonds. The second-order valence-corrected chi connectivity index (χ2v) is 9.62. The Morgan fingerprint density at radius 3 is 1.93 bits per heavy atom. The monoisotopic (exact) mass is 450 g/mol.